The maximum absolute atomic E-state index is 9.10. The Morgan fingerprint density at radius 3 is 2.91 bits per heavy atom. The predicted octanol–water partition coefficient (Wildman–Crippen LogP) is 0.999. The molecular formula is C8H13NOS. The number of rotatable bonds is 3. The fraction of sp³-hybridized carbons (Fsp3) is 0.500. The van der Waals surface area contributed by atoms with Gasteiger partial charge in [-0.25, -0.2) is 0 Å². The van der Waals surface area contributed by atoms with Gasteiger partial charge in [-0.15, -0.1) is 11.3 Å². The van der Waals surface area contributed by atoms with Crippen LogP contribution in [0.1, 0.15) is 11.8 Å². The zero-order chi connectivity index (χ0) is 8.27. The van der Waals surface area contributed by atoms with Crippen LogP contribution >= 0.6 is 11.3 Å². The number of aliphatic hydroxyl groups is 1. The van der Waals surface area contributed by atoms with Crippen molar-refractivity contribution in [1.82, 2.24) is 0 Å². The van der Waals surface area contributed by atoms with Gasteiger partial charge in [0, 0.05) is 10.9 Å². The Balaban J connectivity index is 2.43. The fourth-order valence-corrected chi connectivity index (χ4v) is 1.61. The Morgan fingerprint density at radius 2 is 2.45 bits per heavy atom. The zero-order valence-electron chi connectivity index (χ0n) is 6.53. The largest absolute Gasteiger partial charge is 0.392 e. The number of hydrogen-bond acceptors (Lipinski definition) is 3. The highest BCUT2D eigenvalue weighted by molar-refractivity contribution is 7.09. The Morgan fingerprint density at radius 1 is 1.73 bits per heavy atom. The van der Waals surface area contributed by atoms with E-state index in [1.807, 2.05) is 17.5 Å². The van der Waals surface area contributed by atoms with E-state index in [2.05, 4.69) is 0 Å². The maximum Gasteiger partial charge on any atom is 0.0666 e. The maximum atomic E-state index is 9.10. The first-order valence-electron chi connectivity index (χ1n) is 3.66. The first-order valence-corrected chi connectivity index (χ1v) is 4.54. The fourth-order valence-electron chi connectivity index (χ4n) is 0.832. The van der Waals surface area contributed by atoms with E-state index in [9.17, 15) is 0 Å². The average molecular weight is 171 g/mol. The Hall–Kier alpha value is -0.380. The highest BCUT2D eigenvalue weighted by atomic mass is 32.1. The van der Waals surface area contributed by atoms with Crippen LogP contribution in [0.3, 0.4) is 0 Å². The molecule has 2 nitrogen and oxygen atoms in total. The quantitative estimate of drug-likeness (QED) is 0.712. The molecule has 0 aliphatic heterocycles. The van der Waals surface area contributed by atoms with Gasteiger partial charge < -0.3 is 10.8 Å². The molecule has 0 aliphatic carbocycles. The number of hydrogen-bond donors (Lipinski definition) is 2. The van der Waals surface area contributed by atoms with Crippen molar-refractivity contribution in [1.29, 1.82) is 0 Å². The van der Waals surface area contributed by atoms with Crippen LogP contribution in [0.4, 0.5) is 0 Å². The molecule has 1 aromatic heterocycles. The van der Waals surface area contributed by atoms with Crippen molar-refractivity contribution in [2.75, 3.05) is 0 Å². The molecule has 0 saturated carbocycles. The van der Waals surface area contributed by atoms with Crippen LogP contribution < -0.4 is 5.73 Å². The summed E-state index contributed by atoms with van der Waals surface area (Å²) in [7, 11) is 0. The van der Waals surface area contributed by atoms with Crippen molar-refractivity contribution in [3.8, 4) is 0 Å². The van der Waals surface area contributed by atoms with E-state index in [4.69, 9.17) is 10.8 Å². The van der Waals surface area contributed by atoms with Gasteiger partial charge in [-0.1, -0.05) is 6.07 Å². The van der Waals surface area contributed by atoms with E-state index in [-0.39, 0.29) is 6.04 Å². The highest BCUT2D eigenvalue weighted by Crippen LogP contribution is 2.11. The lowest BCUT2D eigenvalue weighted by atomic mass is 10.1. The van der Waals surface area contributed by atoms with Crippen LogP contribution in [0.5, 0.6) is 0 Å². The third-order valence-electron chi connectivity index (χ3n) is 1.64. The number of thiophene rings is 1. The number of nitrogens with two attached hydrogens (primary N) is 1. The SMILES string of the molecule is CC(O)C(N)Cc1cccs1. The van der Waals surface area contributed by atoms with Crippen LogP contribution in [0, 0.1) is 0 Å². The minimum Gasteiger partial charge on any atom is -0.392 e. The summed E-state index contributed by atoms with van der Waals surface area (Å²) < 4.78 is 0. The van der Waals surface area contributed by atoms with Gasteiger partial charge >= 0.3 is 0 Å². The second-order valence-corrected chi connectivity index (χ2v) is 3.72. The van der Waals surface area contributed by atoms with E-state index in [0.29, 0.717) is 0 Å². The van der Waals surface area contributed by atoms with Gasteiger partial charge in [0.05, 0.1) is 6.10 Å². The second-order valence-electron chi connectivity index (χ2n) is 2.69. The normalized spacial score (nSPS) is 16.3. The smallest absolute Gasteiger partial charge is 0.0666 e. The molecule has 2 atom stereocenters. The molecule has 0 saturated heterocycles. The van der Waals surface area contributed by atoms with Crippen molar-refractivity contribution in [3.63, 3.8) is 0 Å². The second kappa shape index (κ2) is 3.85. The van der Waals surface area contributed by atoms with Gasteiger partial charge in [0.2, 0.25) is 0 Å². The molecule has 0 aromatic carbocycles. The summed E-state index contributed by atoms with van der Waals surface area (Å²) in [5, 5.41) is 11.1. The molecule has 11 heavy (non-hydrogen) atoms. The third kappa shape index (κ3) is 2.61. The van der Waals surface area contributed by atoms with Crippen LogP contribution in [0.2, 0.25) is 0 Å². The van der Waals surface area contributed by atoms with Crippen LogP contribution in [0.15, 0.2) is 17.5 Å². The molecule has 62 valence electrons. The monoisotopic (exact) mass is 171 g/mol. The van der Waals surface area contributed by atoms with Crippen molar-refractivity contribution < 1.29 is 5.11 Å². The van der Waals surface area contributed by atoms with Crippen molar-refractivity contribution in [2.45, 2.75) is 25.5 Å². The minimum atomic E-state index is -0.419. The first-order chi connectivity index (χ1) is 5.20. The highest BCUT2D eigenvalue weighted by Gasteiger charge is 2.09. The first kappa shape index (κ1) is 8.71. The molecule has 0 spiro atoms. The molecule has 2 unspecified atom stereocenters. The van der Waals surface area contributed by atoms with Gasteiger partial charge in [-0.3, -0.25) is 0 Å². The molecule has 0 fully saturated rings. The summed E-state index contributed by atoms with van der Waals surface area (Å²) in [4.78, 5) is 1.23. The standard InChI is InChI=1S/C8H13NOS/c1-6(10)8(9)5-7-3-2-4-11-7/h2-4,6,8,10H,5,9H2,1H3. The van der Waals surface area contributed by atoms with Gasteiger partial charge in [0.25, 0.3) is 0 Å². The predicted molar refractivity (Wildman–Crippen MR) is 47.7 cm³/mol. The van der Waals surface area contributed by atoms with Crippen molar-refractivity contribution in [2.24, 2.45) is 5.73 Å². The molecule has 0 radical (unpaired) electrons. The summed E-state index contributed by atoms with van der Waals surface area (Å²) in [6, 6.07) is 3.90. The van der Waals surface area contributed by atoms with Crippen LogP contribution in [0.25, 0.3) is 0 Å². The Bertz CT molecular complexity index is 196. The molecule has 0 aliphatic rings. The lowest BCUT2D eigenvalue weighted by Crippen LogP contribution is -2.34. The van der Waals surface area contributed by atoms with Crippen molar-refractivity contribution >= 4 is 11.3 Å². The van der Waals surface area contributed by atoms with E-state index < -0.39 is 6.10 Å². The average Bonchev–Trinajstić information content (AvgIpc) is 2.39. The summed E-state index contributed by atoms with van der Waals surface area (Å²) in [6.45, 7) is 1.72. The van der Waals surface area contributed by atoms with Crippen molar-refractivity contribution in [3.05, 3.63) is 22.4 Å². The zero-order valence-corrected chi connectivity index (χ0v) is 7.34. The Labute approximate surface area is 70.7 Å². The lowest BCUT2D eigenvalue weighted by molar-refractivity contribution is 0.163. The minimum absolute atomic E-state index is 0.131. The summed E-state index contributed by atoms with van der Waals surface area (Å²) in [5.41, 5.74) is 5.66. The van der Waals surface area contributed by atoms with E-state index in [0.717, 1.165) is 6.42 Å². The summed E-state index contributed by atoms with van der Waals surface area (Å²) >= 11 is 1.68. The molecule has 0 amide bonds. The van der Waals surface area contributed by atoms with Gasteiger partial charge in [-0.2, -0.15) is 0 Å². The topological polar surface area (TPSA) is 46.2 Å². The van der Waals surface area contributed by atoms with Gasteiger partial charge in [0.15, 0.2) is 0 Å². The molecule has 1 rings (SSSR count). The van der Waals surface area contributed by atoms with E-state index in [1.54, 1.807) is 18.3 Å². The molecule has 3 N–H and O–H groups in total. The Kier molecular flexibility index (Phi) is 3.05. The van der Waals surface area contributed by atoms with Gasteiger partial charge in [0.1, 0.15) is 0 Å². The van der Waals surface area contributed by atoms with Crippen LogP contribution in [-0.4, -0.2) is 17.3 Å². The van der Waals surface area contributed by atoms with E-state index in [1.165, 1.54) is 4.88 Å². The summed E-state index contributed by atoms with van der Waals surface area (Å²) in [5.74, 6) is 0. The van der Waals surface area contributed by atoms with Crippen LogP contribution in [-0.2, 0) is 6.42 Å². The number of aliphatic hydroxyl groups excluding tert-OH is 1. The van der Waals surface area contributed by atoms with Gasteiger partial charge in [-0.05, 0) is 24.8 Å². The third-order valence-corrected chi connectivity index (χ3v) is 2.54. The molecule has 3 heteroatoms. The molecule has 0 bridgehead atoms. The summed E-state index contributed by atoms with van der Waals surface area (Å²) in [6.07, 6.45) is 0.354. The van der Waals surface area contributed by atoms with E-state index >= 15 is 0 Å². The lowest BCUT2D eigenvalue weighted by Gasteiger charge is -2.12. The molecule has 1 heterocycles. The molecule has 1 aromatic rings. The molecular weight excluding hydrogens is 158 g/mol.